The van der Waals surface area contributed by atoms with Crippen molar-refractivity contribution in [3.63, 3.8) is 0 Å². The van der Waals surface area contributed by atoms with Gasteiger partial charge in [0.15, 0.2) is 0 Å². The molecule has 0 aliphatic carbocycles. The van der Waals surface area contributed by atoms with E-state index in [0.29, 0.717) is 18.6 Å². The van der Waals surface area contributed by atoms with Crippen molar-refractivity contribution in [2.75, 3.05) is 6.61 Å². The lowest BCUT2D eigenvalue weighted by molar-refractivity contribution is -0.138. The Hall–Kier alpha value is -2.91. The van der Waals surface area contributed by atoms with Crippen LogP contribution in [0.3, 0.4) is 0 Å². The lowest BCUT2D eigenvalue weighted by Crippen LogP contribution is -2.08. The first kappa shape index (κ1) is 22.8. The number of unbranched alkanes of at least 4 members (excludes halogenated alkanes) is 2. The molecule has 0 spiro atoms. The second-order valence-electron chi connectivity index (χ2n) is 8.17. The molecule has 3 heteroatoms. The van der Waals surface area contributed by atoms with Gasteiger partial charge in [0.1, 0.15) is 0 Å². The van der Waals surface area contributed by atoms with Crippen molar-refractivity contribution in [2.24, 2.45) is 0 Å². The number of carbonyl (C=O) groups is 1. The molecule has 0 aliphatic rings. The lowest BCUT2D eigenvalue weighted by Gasteiger charge is -2.14. The van der Waals surface area contributed by atoms with Gasteiger partial charge < -0.3 is 9.84 Å². The molecule has 0 unspecified atom stereocenters. The van der Waals surface area contributed by atoms with E-state index in [1.165, 1.54) is 35.6 Å². The van der Waals surface area contributed by atoms with E-state index in [1.54, 1.807) is 6.92 Å². The summed E-state index contributed by atoms with van der Waals surface area (Å²) in [6.45, 7) is 7.88. The molecule has 162 valence electrons. The van der Waals surface area contributed by atoms with Crippen molar-refractivity contribution >= 4 is 16.7 Å². The SMILES string of the molecule is C=C(C)C(=O)OCCc1cc2cc(CCCCC)ccc2cc1-c1ccc(CO)cc1. The van der Waals surface area contributed by atoms with Gasteiger partial charge in [-0.15, -0.1) is 0 Å². The molecule has 0 radical (unpaired) electrons. The second-order valence-corrected chi connectivity index (χ2v) is 8.17. The van der Waals surface area contributed by atoms with Crippen molar-refractivity contribution in [2.45, 2.75) is 52.6 Å². The summed E-state index contributed by atoms with van der Waals surface area (Å²) in [5.41, 5.74) is 6.02. The fourth-order valence-electron chi connectivity index (χ4n) is 3.77. The molecule has 31 heavy (non-hydrogen) atoms. The number of carbonyl (C=O) groups excluding carboxylic acids is 1. The van der Waals surface area contributed by atoms with Gasteiger partial charge in [0.25, 0.3) is 0 Å². The average Bonchev–Trinajstić information content (AvgIpc) is 2.78. The maximum absolute atomic E-state index is 11.8. The van der Waals surface area contributed by atoms with E-state index in [1.807, 2.05) is 24.3 Å². The Morgan fingerprint density at radius 2 is 1.68 bits per heavy atom. The van der Waals surface area contributed by atoms with E-state index >= 15 is 0 Å². The Labute approximate surface area is 185 Å². The zero-order valence-corrected chi connectivity index (χ0v) is 18.6. The van der Waals surface area contributed by atoms with Gasteiger partial charge in [-0.05, 0) is 64.4 Å². The number of esters is 1. The van der Waals surface area contributed by atoms with E-state index in [-0.39, 0.29) is 12.6 Å². The largest absolute Gasteiger partial charge is 0.462 e. The van der Waals surface area contributed by atoms with Crippen LogP contribution < -0.4 is 0 Å². The molecule has 0 saturated carbocycles. The summed E-state index contributed by atoms with van der Waals surface area (Å²) in [4.78, 5) is 11.8. The predicted molar refractivity (Wildman–Crippen MR) is 128 cm³/mol. The van der Waals surface area contributed by atoms with Crippen LogP contribution in [0.15, 0.2) is 66.7 Å². The number of benzene rings is 3. The number of rotatable bonds is 10. The number of hydrogen-bond acceptors (Lipinski definition) is 3. The fraction of sp³-hybridized carbons (Fsp3) is 0.321. The summed E-state index contributed by atoms with van der Waals surface area (Å²) in [6, 6.07) is 19.1. The third kappa shape index (κ3) is 6.05. The van der Waals surface area contributed by atoms with Crippen LogP contribution in [0.25, 0.3) is 21.9 Å². The molecule has 3 nitrogen and oxygen atoms in total. The summed E-state index contributed by atoms with van der Waals surface area (Å²) in [6.07, 6.45) is 5.41. The Bertz CT molecular complexity index is 1050. The maximum Gasteiger partial charge on any atom is 0.333 e. The predicted octanol–water partition coefficient (Wildman–Crippen LogP) is 6.39. The van der Waals surface area contributed by atoms with Crippen LogP contribution in [0.1, 0.15) is 49.8 Å². The van der Waals surface area contributed by atoms with E-state index in [2.05, 4.69) is 43.8 Å². The van der Waals surface area contributed by atoms with Gasteiger partial charge in [-0.25, -0.2) is 4.79 Å². The summed E-state index contributed by atoms with van der Waals surface area (Å²) in [5, 5.41) is 11.8. The van der Waals surface area contributed by atoms with Gasteiger partial charge in [-0.2, -0.15) is 0 Å². The molecule has 3 aromatic carbocycles. The molecule has 3 aromatic rings. The molecule has 0 aromatic heterocycles. The van der Waals surface area contributed by atoms with Crippen molar-refractivity contribution < 1.29 is 14.6 Å². The second kappa shape index (κ2) is 10.9. The lowest BCUT2D eigenvalue weighted by atomic mass is 9.92. The topological polar surface area (TPSA) is 46.5 Å². The Morgan fingerprint density at radius 3 is 2.35 bits per heavy atom. The van der Waals surface area contributed by atoms with Gasteiger partial charge >= 0.3 is 5.97 Å². The first-order valence-electron chi connectivity index (χ1n) is 11.1. The third-order valence-corrected chi connectivity index (χ3v) is 5.60. The zero-order chi connectivity index (χ0) is 22.2. The molecule has 0 fully saturated rings. The Balaban J connectivity index is 1.94. The van der Waals surface area contributed by atoms with E-state index in [0.717, 1.165) is 28.7 Å². The van der Waals surface area contributed by atoms with Crippen molar-refractivity contribution in [1.29, 1.82) is 0 Å². The van der Waals surface area contributed by atoms with Crippen molar-refractivity contribution in [1.82, 2.24) is 0 Å². The molecule has 0 amide bonds. The molecule has 0 bridgehead atoms. The summed E-state index contributed by atoms with van der Waals surface area (Å²) in [5.74, 6) is -0.354. The Kier molecular flexibility index (Phi) is 8.02. The van der Waals surface area contributed by atoms with E-state index in [4.69, 9.17) is 4.74 Å². The highest BCUT2D eigenvalue weighted by molar-refractivity contribution is 5.90. The first-order valence-corrected chi connectivity index (χ1v) is 11.1. The molecule has 3 rings (SSSR count). The Morgan fingerprint density at radius 1 is 0.935 bits per heavy atom. The van der Waals surface area contributed by atoms with Crippen molar-refractivity contribution in [3.8, 4) is 11.1 Å². The molecule has 0 saturated heterocycles. The zero-order valence-electron chi connectivity index (χ0n) is 18.6. The van der Waals surface area contributed by atoms with Gasteiger partial charge in [0.2, 0.25) is 0 Å². The minimum absolute atomic E-state index is 0.0303. The number of hydrogen-bond donors (Lipinski definition) is 1. The minimum Gasteiger partial charge on any atom is -0.462 e. The van der Waals surface area contributed by atoms with Gasteiger partial charge in [0.05, 0.1) is 13.2 Å². The molecular weight excluding hydrogens is 384 g/mol. The van der Waals surface area contributed by atoms with Crippen LogP contribution in [-0.2, 0) is 29.0 Å². The van der Waals surface area contributed by atoms with Gasteiger partial charge in [0, 0.05) is 12.0 Å². The first-order chi connectivity index (χ1) is 15.0. The van der Waals surface area contributed by atoms with E-state index in [9.17, 15) is 9.90 Å². The highest BCUT2D eigenvalue weighted by Crippen LogP contribution is 2.30. The fourth-order valence-corrected chi connectivity index (χ4v) is 3.77. The maximum atomic E-state index is 11.8. The van der Waals surface area contributed by atoms with Crippen LogP contribution in [0.4, 0.5) is 0 Å². The van der Waals surface area contributed by atoms with Crippen LogP contribution in [0, 0.1) is 0 Å². The van der Waals surface area contributed by atoms with Crippen LogP contribution >= 0.6 is 0 Å². The van der Waals surface area contributed by atoms with Crippen LogP contribution in [0.5, 0.6) is 0 Å². The number of aliphatic hydroxyl groups is 1. The molecule has 1 N–H and O–H groups in total. The van der Waals surface area contributed by atoms with Crippen LogP contribution in [-0.4, -0.2) is 17.7 Å². The van der Waals surface area contributed by atoms with Crippen molar-refractivity contribution in [3.05, 3.63) is 83.4 Å². The third-order valence-electron chi connectivity index (χ3n) is 5.60. The normalized spacial score (nSPS) is 10.9. The minimum atomic E-state index is -0.354. The molecular formula is C28H32O3. The number of fused-ring (bicyclic) bond motifs is 1. The number of aryl methyl sites for hydroxylation is 1. The highest BCUT2D eigenvalue weighted by Gasteiger charge is 2.11. The smallest absolute Gasteiger partial charge is 0.333 e. The van der Waals surface area contributed by atoms with Gasteiger partial charge in [-0.3, -0.25) is 0 Å². The molecule has 0 heterocycles. The summed E-state index contributed by atoms with van der Waals surface area (Å²) in [7, 11) is 0. The highest BCUT2D eigenvalue weighted by atomic mass is 16.5. The molecule has 0 aliphatic heterocycles. The van der Waals surface area contributed by atoms with Crippen LogP contribution in [0.2, 0.25) is 0 Å². The number of ether oxygens (including phenoxy) is 1. The summed E-state index contributed by atoms with van der Waals surface area (Å²) >= 11 is 0. The van der Waals surface area contributed by atoms with Gasteiger partial charge in [-0.1, -0.05) is 74.9 Å². The van der Waals surface area contributed by atoms with E-state index < -0.39 is 0 Å². The average molecular weight is 417 g/mol. The quantitative estimate of drug-likeness (QED) is 0.236. The standard InChI is InChI=1S/C28H32O3/c1-4-5-6-7-21-8-13-24-18-27(23-11-9-22(19-29)10-12-23)25(17-26(24)16-21)14-15-31-28(30)20(2)3/h8-13,16-18,29H,2,4-7,14-15,19H2,1,3H3. The number of aliphatic hydroxyl groups excluding tert-OH is 1. The molecule has 0 atom stereocenters. The monoisotopic (exact) mass is 416 g/mol. The summed E-state index contributed by atoms with van der Waals surface area (Å²) < 4.78 is 5.36.